The molecule has 0 radical (unpaired) electrons. The van der Waals surface area contributed by atoms with Gasteiger partial charge in [0, 0.05) is 11.8 Å². The summed E-state index contributed by atoms with van der Waals surface area (Å²) in [5.41, 5.74) is -0.652. The van der Waals surface area contributed by atoms with Crippen molar-refractivity contribution in [1.82, 2.24) is 10.2 Å². The van der Waals surface area contributed by atoms with Crippen LogP contribution < -0.4 is 5.32 Å². The van der Waals surface area contributed by atoms with E-state index in [9.17, 15) is 9.59 Å². The minimum atomic E-state index is -0.652. The summed E-state index contributed by atoms with van der Waals surface area (Å²) >= 11 is 1.73. The first-order valence-electron chi connectivity index (χ1n) is 6.64. The number of hydrogen-bond donors (Lipinski definition) is 1. The van der Waals surface area contributed by atoms with Crippen LogP contribution in [-0.4, -0.2) is 46.8 Å². The monoisotopic (exact) mass is 270 g/mol. The molecule has 1 heterocycles. The zero-order valence-electron chi connectivity index (χ0n) is 11.4. The number of amides is 2. The van der Waals surface area contributed by atoms with E-state index in [1.807, 2.05) is 13.2 Å². The number of piperazine rings is 1. The summed E-state index contributed by atoms with van der Waals surface area (Å²) in [5, 5.41) is 2.92. The fraction of sp³-hybridized carbons (Fsp3) is 0.846. The smallest absolute Gasteiger partial charge is 0.249 e. The molecule has 5 heteroatoms. The average Bonchev–Trinajstić information content (AvgIpc) is 3.15. The minimum absolute atomic E-state index is 0.0106. The van der Waals surface area contributed by atoms with Gasteiger partial charge in [-0.15, -0.1) is 0 Å². The quantitative estimate of drug-likeness (QED) is 0.818. The van der Waals surface area contributed by atoms with Gasteiger partial charge in [-0.25, -0.2) is 0 Å². The molecule has 2 amide bonds. The molecule has 0 aromatic rings. The molecule has 2 aliphatic rings. The average molecular weight is 270 g/mol. The van der Waals surface area contributed by atoms with Crippen molar-refractivity contribution in [3.63, 3.8) is 0 Å². The predicted octanol–water partition coefficient (Wildman–Crippen LogP) is 1.26. The van der Waals surface area contributed by atoms with E-state index in [4.69, 9.17) is 0 Å². The number of nitrogens with zero attached hydrogens (tertiary/aromatic N) is 1. The lowest BCUT2D eigenvalue weighted by atomic mass is 9.90. The summed E-state index contributed by atoms with van der Waals surface area (Å²) in [5.74, 6) is 1.34. The highest BCUT2D eigenvalue weighted by molar-refractivity contribution is 7.98. The molecule has 1 saturated carbocycles. The van der Waals surface area contributed by atoms with E-state index in [1.54, 1.807) is 16.7 Å². The second-order valence-corrected chi connectivity index (χ2v) is 6.39. The van der Waals surface area contributed by atoms with Gasteiger partial charge in [0.05, 0.1) is 6.54 Å². The highest BCUT2D eigenvalue weighted by Crippen LogP contribution is 2.42. The van der Waals surface area contributed by atoms with Gasteiger partial charge in [-0.05, 0) is 38.4 Å². The van der Waals surface area contributed by atoms with Crippen molar-refractivity contribution in [1.29, 1.82) is 0 Å². The van der Waals surface area contributed by atoms with Crippen LogP contribution in [0.1, 0.15) is 33.1 Å². The van der Waals surface area contributed by atoms with E-state index >= 15 is 0 Å². The van der Waals surface area contributed by atoms with Crippen molar-refractivity contribution >= 4 is 23.6 Å². The van der Waals surface area contributed by atoms with Gasteiger partial charge in [-0.1, -0.05) is 6.92 Å². The fourth-order valence-electron chi connectivity index (χ4n) is 2.76. The summed E-state index contributed by atoms with van der Waals surface area (Å²) < 4.78 is 0. The molecule has 1 saturated heterocycles. The number of hydrogen-bond acceptors (Lipinski definition) is 3. The van der Waals surface area contributed by atoms with Crippen LogP contribution >= 0.6 is 11.8 Å². The van der Waals surface area contributed by atoms with Crippen LogP contribution in [0.3, 0.4) is 0 Å². The molecule has 4 nitrogen and oxygen atoms in total. The van der Waals surface area contributed by atoms with Crippen LogP contribution in [0.5, 0.6) is 0 Å². The third-order valence-corrected chi connectivity index (χ3v) is 4.80. The molecule has 2 fully saturated rings. The van der Waals surface area contributed by atoms with Gasteiger partial charge in [0.25, 0.3) is 0 Å². The van der Waals surface area contributed by atoms with Crippen molar-refractivity contribution in [2.45, 2.75) is 44.7 Å². The maximum Gasteiger partial charge on any atom is 0.249 e. The van der Waals surface area contributed by atoms with Gasteiger partial charge in [0.2, 0.25) is 11.8 Å². The summed E-state index contributed by atoms with van der Waals surface area (Å²) in [4.78, 5) is 26.3. The molecule has 102 valence electrons. The Hall–Kier alpha value is -0.710. The molecule has 2 rings (SSSR count). The Bertz CT molecular complexity index is 357. The van der Waals surface area contributed by atoms with Crippen LogP contribution in [0.4, 0.5) is 0 Å². The minimum Gasteiger partial charge on any atom is -0.340 e. The molecular weight excluding hydrogens is 248 g/mol. The molecule has 1 N–H and O–H groups in total. The van der Waals surface area contributed by atoms with Gasteiger partial charge >= 0.3 is 0 Å². The van der Waals surface area contributed by atoms with Crippen molar-refractivity contribution in [3.05, 3.63) is 0 Å². The molecular formula is C13H22N2O2S. The third kappa shape index (κ3) is 2.37. The summed E-state index contributed by atoms with van der Waals surface area (Å²) in [7, 11) is 0. The number of carbonyl (C=O) groups excluding carboxylic acids is 2. The largest absolute Gasteiger partial charge is 0.340 e. The first-order chi connectivity index (χ1) is 8.52. The zero-order valence-corrected chi connectivity index (χ0v) is 12.2. The summed E-state index contributed by atoms with van der Waals surface area (Å²) in [6.45, 7) is 4.19. The van der Waals surface area contributed by atoms with Gasteiger partial charge in [0.1, 0.15) is 5.54 Å². The lowest BCUT2D eigenvalue weighted by Crippen LogP contribution is -2.68. The van der Waals surface area contributed by atoms with E-state index in [-0.39, 0.29) is 24.4 Å². The topological polar surface area (TPSA) is 49.4 Å². The lowest BCUT2D eigenvalue weighted by Gasteiger charge is -2.43. The Kier molecular flexibility index (Phi) is 3.90. The Morgan fingerprint density at radius 3 is 2.67 bits per heavy atom. The SMILES string of the molecule is CCC(CSC)N1CC(=O)NC(C)(C2CC2)C1=O. The molecule has 0 aromatic heterocycles. The van der Waals surface area contributed by atoms with E-state index in [2.05, 4.69) is 12.2 Å². The van der Waals surface area contributed by atoms with Gasteiger partial charge in [0.15, 0.2) is 0 Å². The number of thioether (sulfide) groups is 1. The van der Waals surface area contributed by atoms with Gasteiger partial charge in [-0.3, -0.25) is 9.59 Å². The number of carbonyl (C=O) groups is 2. The first kappa shape index (κ1) is 13.7. The van der Waals surface area contributed by atoms with Crippen molar-refractivity contribution in [2.24, 2.45) is 5.92 Å². The molecule has 2 unspecified atom stereocenters. The summed E-state index contributed by atoms with van der Waals surface area (Å²) in [6.07, 6.45) is 5.04. The molecule has 0 aromatic carbocycles. The predicted molar refractivity (Wildman–Crippen MR) is 73.4 cm³/mol. The molecule has 18 heavy (non-hydrogen) atoms. The maximum absolute atomic E-state index is 12.7. The van der Waals surface area contributed by atoms with Crippen LogP contribution in [0.25, 0.3) is 0 Å². The molecule has 0 bridgehead atoms. The molecule has 1 aliphatic heterocycles. The van der Waals surface area contributed by atoms with E-state index in [0.29, 0.717) is 5.92 Å². The summed E-state index contributed by atoms with van der Waals surface area (Å²) in [6, 6.07) is 0.177. The van der Waals surface area contributed by atoms with Gasteiger partial charge in [-0.2, -0.15) is 11.8 Å². The van der Waals surface area contributed by atoms with Crippen molar-refractivity contribution < 1.29 is 9.59 Å². The second-order valence-electron chi connectivity index (χ2n) is 5.48. The van der Waals surface area contributed by atoms with E-state index in [1.165, 1.54) is 0 Å². The Labute approximate surface area is 113 Å². The van der Waals surface area contributed by atoms with E-state index in [0.717, 1.165) is 25.0 Å². The number of nitrogens with one attached hydrogen (secondary N) is 1. The van der Waals surface area contributed by atoms with Crippen LogP contribution in [-0.2, 0) is 9.59 Å². The second kappa shape index (κ2) is 5.11. The van der Waals surface area contributed by atoms with Crippen LogP contribution in [0, 0.1) is 5.92 Å². The highest BCUT2D eigenvalue weighted by Gasteiger charge is 2.53. The molecule has 1 aliphatic carbocycles. The normalized spacial score (nSPS) is 30.3. The Morgan fingerprint density at radius 2 is 2.17 bits per heavy atom. The standard InChI is InChI=1S/C13H22N2O2S/c1-4-10(8-18-3)15-7-11(16)14-13(2,12(15)17)9-5-6-9/h9-10H,4-8H2,1-3H3,(H,14,16). The molecule has 0 spiro atoms. The molecule has 2 atom stereocenters. The van der Waals surface area contributed by atoms with Gasteiger partial charge < -0.3 is 10.2 Å². The third-order valence-electron chi connectivity index (χ3n) is 4.08. The van der Waals surface area contributed by atoms with Crippen LogP contribution in [0.15, 0.2) is 0 Å². The first-order valence-corrected chi connectivity index (χ1v) is 8.03. The Morgan fingerprint density at radius 1 is 1.50 bits per heavy atom. The lowest BCUT2D eigenvalue weighted by molar-refractivity contribution is -0.152. The fourth-order valence-corrected chi connectivity index (χ4v) is 3.56. The Balaban J connectivity index is 2.19. The van der Waals surface area contributed by atoms with Crippen molar-refractivity contribution in [2.75, 3.05) is 18.6 Å². The zero-order chi connectivity index (χ0) is 13.3. The van der Waals surface area contributed by atoms with Crippen LogP contribution in [0.2, 0.25) is 0 Å². The maximum atomic E-state index is 12.7. The number of rotatable bonds is 5. The van der Waals surface area contributed by atoms with Crippen molar-refractivity contribution in [3.8, 4) is 0 Å². The highest BCUT2D eigenvalue weighted by atomic mass is 32.2. The van der Waals surface area contributed by atoms with E-state index < -0.39 is 5.54 Å².